The fourth-order valence-electron chi connectivity index (χ4n) is 3.15. The smallest absolute Gasteiger partial charge is 0.330 e. The van der Waals surface area contributed by atoms with Crippen LogP contribution in [0.5, 0.6) is 5.75 Å². The van der Waals surface area contributed by atoms with Crippen molar-refractivity contribution in [1.82, 2.24) is 4.57 Å². The minimum absolute atomic E-state index is 0.256. The Labute approximate surface area is 173 Å². The molecule has 152 valence electrons. The summed E-state index contributed by atoms with van der Waals surface area (Å²) in [6.07, 6.45) is 4.24. The van der Waals surface area contributed by atoms with Gasteiger partial charge in [0.1, 0.15) is 5.75 Å². The highest BCUT2D eigenvalue weighted by Gasteiger charge is 2.17. The number of hydrogen-bond acceptors (Lipinski definition) is 5. The summed E-state index contributed by atoms with van der Waals surface area (Å²) in [6, 6.07) is 11.2. The molecule has 0 aliphatic heterocycles. The topological polar surface area (TPSA) is 69.9 Å². The summed E-state index contributed by atoms with van der Waals surface area (Å²) in [5, 5.41) is 12.4. The van der Waals surface area contributed by atoms with Crippen LogP contribution in [0.2, 0.25) is 5.02 Å². The van der Waals surface area contributed by atoms with E-state index in [0.29, 0.717) is 5.02 Å². The van der Waals surface area contributed by atoms with Crippen molar-refractivity contribution in [3.8, 4) is 11.4 Å². The minimum atomic E-state index is -0.974. The second-order valence-corrected chi connectivity index (χ2v) is 6.79. The van der Waals surface area contributed by atoms with Crippen LogP contribution in [-0.2, 0) is 20.7 Å². The predicted molar refractivity (Wildman–Crippen MR) is 113 cm³/mol. The average molecular weight is 416 g/mol. The van der Waals surface area contributed by atoms with Gasteiger partial charge in [0.2, 0.25) is 0 Å². The minimum Gasteiger partial charge on any atom is -0.497 e. The summed E-state index contributed by atoms with van der Waals surface area (Å²) < 4.78 is 17.0. The Hall–Kier alpha value is -2.80. The van der Waals surface area contributed by atoms with E-state index in [1.54, 1.807) is 19.3 Å². The second kappa shape index (κ2) is 9.13. The van der Waals surface area contributed by atoms with Crippen LogP contribution in [0.15, 0.2) is 48.7 Å². The molecule has 0 bridgehead atoms. The third-order valence-corrected chi connectivity index (χ3v) is 4.85. The molecule has 0 fully saturated rings. The van der Waals surface area contributed by atoms with Gasteiger partial charge in [-0.15, -0.1) is 0 Å². The standard InChI is InChI=1S/C22H22ClNO5/c1-27-17-7-5-16(6-8-17)24-13-19-14(4-9-21(25)28-2)10-15(23)11-18(19)20(24)12-22(26)29-3/h4-11,13,22,26H,12H2,1-3H3/b9-4+. The highest BCUT2D eigenvalue weighted by atomic mass is 35.5. The van der Waals surface area contributed by atoms with E-state index in [1.807, 2.05) is 41.1 Å². The van der Waals surface area contributed by atoms with E-state index in [1.165, 1.54) is 20.3 Å². The fraction of sp³-hybridized carbons (Fsp3) is 0.227. The van der Waals surface area contributed by atoms with E-state index >= 15 is 0 Å². The molecule has 1 atom stereocenters. The van der Waals surface area contributed by atoms with Crippen molar-refractivity contribution in [2.75, 3.05) is 21.3 Å². The monoisotopic (exact) mass is 415 g/mol. The van der Waals surface area contributed by atoms with Gasteiger partial charge >= 0.3 is 5.97 Å². The summed E-state index contributed by atoms with van der Waals surface area (Å²) in [4.78, 5) is 11.5. The lowest BCUT2D eigenvalue weighted by molar-refractivity contribution is -0.134. The fourth-order valence-corrected chi connectivity index (χ4v) is 3.38. The number of carbonyl (C=O) groups is 1. The summed E-state index contributed by atoms with van der Waals surface area (Å²) in [7, 11) is 4.39. The molecule has 1 aromatic heterocycles. The number of rotatable bonds is 7. The molecule has 0 radical (unpaired) electrons. The number of aliphatic hydroxyl groups excluding tert-OH is 1. The Kier molecular flexibility index (Phi) is 6.59. The van der Waals surface area contributed by atoms with Crippen LogP contribution in [0, 0.1) is 0 Å². The molecule has 0 aliphatic carbocycles. The lowest BCUT2D eigenvalue weighted by Gasteiger charge is -2.13. The summed E-state index contributed by atoms with van der Waals surface area (Å²) in [6.45, 7) is 0. The number of benzene rings is 2. The van der Waals surface area contributed by atoms with Crippen LogP contribution in [-0.4, -0.2) is 43.3 Å². The van der Waals surface area contributed by atoms with Crippen molar-refractivity contribution in [2.45, 2.75) is 12.7 Å². The van der Waals surface area contributed by atoms with Gasteiger partial charge in [-0.05, 0) is 48.0 Å². The quantitative estimate of drug-likeness (QED) is 0.359. The van der Waals surface area contributed by atoms with Crippen LogP contribution < -0.4 is 4.74 Å². The number of aromatic nitrogens is 1. The van der Waals surface area contributed by atoms with Crippen molar-refractivity contribution in [3.05, 3.63) is 65.0 Å². The van der Waals surface area contributed by atoms with Crippen molar-refractivity contribution >= 4 is 34.4 Å². The van der Waals surface area contributed by atoms with Crippen LogP contribution >= 0.6 is 11.6 Å². The molecule has 0 aliphatic rings. The first kappa shape index (κ1) is 20.9. The zero-order valence-electron chi connectivity index (χ0n) is 16.4. The average Bonchev–Trinajstić information content (AvgIpc) is 3.09. The Balaban J connectivity index is 2.21. The molecule has 0 amide bonds. The number of aliphatic hydroxyl groups is 1. The Morgan fingerprint density at radius 2 is 1.90 bits per heavy atom. The highest BCUT2D eigenvalue weighted by molar-refractivity contribution is 6.31. The van der Waals surface area contributed by atoms with Crippen molar-refractivity contribution in [2.24, 2.45) is 0 Å². The third-order valence-electron chi connectivity index (χ3n) is 4.63. The van der Waals surface area contributed by atoms with Crippen LogP contribution in [0.1, 0.15) is 11.3 Å². The van der Waals surface area contributed by atoms with Gasteiger partial charge in [0.05, 0.1) is 14.2 Å². The first-order valence-electron chi connectivity index (χ1n) is 8.91. The second-order valence-electron chi connectivity index (χ2n) is 6.35. The third kappa shape index (κ3) is 4.62. The van der Waals surface area contributed by atoms with Gasteiger partial charge in [0.15, 0.2) is 6.29 Å². The summed E-state index contributed by atoms with van der Waals surface area (Å²) in [5.74, 6) is 0.288. The largest absolute Gasteiger partial charge is 0.497 e. The number of esters is 1. The van der Waals surface area contributed by atoms with Crippen LogP contribution in [0.3, 0.4) is 0 Å². The number of carbonyl (C=O) groups excluding carboxylic acids is 1. The first-order chi connectivity index (χ1) is 14.0. The molecule has 7 heteroatoms. The van der Waals surface area contributed by atoms with E-state index in [2.05, 4.69) is 4.74 Å². The predicted octanol–water partition coefficient (Wildman–Crippen LogP) is 3.99. The van der Waals surface area contributed by atoms with E-state index in [9.17, 15) is 9.90 Å². The maximum absolute atomic E-state index is 11.5. The number of fused-ring (bicyclic) bond motifs is 1. The number of nitrogens with zero attached hydrogens (tertiary/aromatic N) is 1. The Bertz CT molecular complexity index is 1040. The molecule has 1 N–H and O–H groups in total. The molecule has 3 aromatic rings. The van der Waals surface area contributed by atoms with E-state index in [0.717, 1.165) is 33.5 Å². The first-order valence-corrected chi connectivity index (χ1v) is 9.29. The molecule has 1 unspecified atom stereocenters. The van der Waals surface area contributed by atoms with E-state index in [4.69, 9.17) is 21.1 Å². The summed E-state index contributed by atoms with van der Waals surface area (Å²) in [5.41, 5.74) is 2.48. The van der Waals surface area contributed by atoms with E-state index in [-0.39, 0.29) is 6.42 Å². The number of hydrogen-bond donors (Lipinski definition) is 1. The zero-order valence-corrected chi connectivity index (χ0v) is 17.1. The lowest BCUT2D eigenvalue weighted by Crippen LogP contribution is -2.15. The highest BCUT2D eigenvalue weighted by Crippen LogP contribution is 2.32. The molecule has 6 nitrogen and oxygen atoms in total. The van der Waals surface area contributed by atoms with Gasteiger partial charge in [-0.3, -0.25) is 0 Å². The molecule has 0 saturated heterocycles. The van der Waals surface area contributed by atoms with Gasteiger partial charge in [-0.2, -0.15) is 0 Å². The molecule has 2 aromatic carbocycles. The number of methoxy groups -OCH3 is 3. The van der Waals surface area contributed by atoms with Gasteiger partial charge in [-0.1, -0.05) is 11.6 Å². The van der Waals surface area contributed by atoms with Gasteiger partial charge in [-0.25, -0.2) is 4.79 Å². The van der Waals surface area contributed by atoms with Gasteiger partial charge in [0, 0.05) is 53.0 Å². The van der Waals surface area contributed by atoms with Crippen LogP contribution in [0.25, 0.3) is 22.5 Å². The maximum Gasteiger partial charge on any atom is 0.330 e. The maximum atomic E-state index is 11.5. The van der Waals surface area contributed by atoms with Crippen LogP contribution in [0.4, 0.5) is 0 Å². The lowest BCUT2D eigenvalue weighted by atomic mass is 10.1. The van der Waals surface area contributed by atoms with Gasteiger partial charge in [0.25, 0.3) is 0 Å². The molecular weight excluding hydrogens is 394 g/mol. The number of halogens is 1. The van der Waals surface area contributed by atoms with Crippen molar-refractivity contribution in [3.63, 3.8) is 0 Å². The molecule has 0 saturated carbocycles. The SMILES string of the molecule is COC(=O)/C=C/c1cc(Cl)cc2c(CC(O)OC)n(-c3ccc(OC)cc3)cc12. The molecule has 0 spiro atoms. The van der Waals surface area contributed by atoms with Gasteiger partial charge < -0.3 is 23.9 Å². The normalized spacial score (nSPS) is 12.4. The molecule has 3 rings (SSSR count). The van der Waals surface area contributed by atoms with Crippen molar-refractivity contribution < 1.29 is 24.1 Å². The zero-order chi connectivity index (χ0) is 21.0. The van der Waals surface area contributed by atoms with Crippen molar-refractivity contribution in [1.29, 1.82) is 0 Å². The summed E-state index contributed by atoms with van der Waals surface area (Å²) >= 11 is 6.34. The Morgan fingerprint density at radius 3 is 2.52 bits per heavy atom. The molecule has 29 heavy (non-hydrogen) atoms. The molecule has 1 heterocycles. The van der Waals surface area contributed by atoms with E-state index < -0.39 is 12.3 Å². The Morgan fingerprint density at radius 1 is 1.17 bits per heavy atom. The number of ether oxygens (including phenoxy) is 3. The molecular formula is C22H22ClNO5.